The highest BCUT2D eigenvalue weighted by Crippen LogP contribution is 2.19. The van der Waals surface area contributed by atoms with Crippen LogP contribution in [-0.4, -0.2) is 47.4 Å². The van der Waals surface area contributed by atoms with Crippen molar-refractivity contribution in [3.63, 3.8) is 0 Å². The van der Waals surface area contributed by atoms with Crippen LogP contribution in [-0.2, 0) is 4.74 Å². The molecule has 1 aromatic rings. The van der Waals surface area contributed by atoms with Crippen molar-refractivity contribution in [3.05, 3.63) is 0 Å². The van der Waals surface area contributed by atoms with Crippen LogP contribution in [0.2, 0.25) is 0 Å². The summed E-state index contributed by atoms with van der Waals surface area (Å²) in [5, 5.41) is 0. The summed E-state index contributed by atoms with van der Waals surface area (Å²) in [5.41, 5.74) is 5.71. The molecule has 2 saturated heterocycles. The number of nitrogens with two attached hydrogens (primary N) is 1. The molecular formula is C12H19N5O2. The van der Waals surface area contributed by atoms with Gasteiger partial charge >= 0.3 is 6.01 Å². The molecule has 1 aromatic heterocycles. The van der Waals surface area contributed by atoms with Crippen LogP contribution in [0.3, 0.4) is 0 Å². The second kappa shape index (κ2) is 5.56. The summed E-state index contributed by atoms with van der Waals surface area (Å²) in [4.78, 5) is 14.6. The summed E-state index contributed by atoms with van der Waals surface area (Å²) in [6.45, 7) is 3.22. The zero-order chi connectivity index (χ0) is 13.1. The van der Waals surface area contributed by atoms with Crippen LogP contribution in [0.4, 0.5) is 11.9 Å². The van der Waals surface area contributed by atoms with Gasteiger partial charge < -0.3 is 20.1 Å². The standard InChI is InChI=1S/C12H19N5O2/c13-10-14-11(17-5-1-2-6-17)16-12(15-10)19-8-9-4-3-7-18-9/h9H,1-8H2,(H2,13,14,15,16). The normalized spacial score (nSPS) is 22.9. The molecule has 19 heavy (non-hydrogen) atoms. The summed E-state index contributed by atoms with van der Waals surface area (Å²) < 4.78 is 11.1. The average Bonchev–Trinajstić information content (AvgIpc) is 3.09. The number of rotatable bonds is 4. The highest BCUT2D eigenvalue weighted by Gasteiger charge is 2.19. The minimum Gasteiger partial charge on any atom is -0.461 e. The van der Waals surface area contributed by atoms with Crippen molar-refractivity contribution in [2.75, 3.05) is 36.9 Å². The minimum absolute atomic E-state index is 0.147. The lowest BCUT2D eigenvalue weighted by Crippen LogP contribution is -2.23. The van der Waals surface area contributed by atoms with E-state index in [1.54, 1.807) is 0 Å². The van der Waals surface area contributed by atoms with E-state index in [0.29, 0.717) is 18.6 Å². The fourth-order valence-corrected chi connectivity index (χ4v) is 2.43. The maximum atomic E-state index is 5.71. The van der Waals surface area contributed by atoms with E-state index < -0.39 is 0 Å². The molecule has 7 heteroatoms. The maximum Gasteiger partial charge on any atom is 0.323 e. The molecule has 2 N–H and O–H groups in total. The summed E-state index contributed by atoms with van der Waals surface area (Å²) >= 11 is 0. The Morgan fingerprint density at radius 2 is 2.05 bits per heavy atom. The number of hydrogen-bond acceptors (Lipinski definition) is 7. The molecule has 0 bridgehead atoms. The summed E-state index contributed by atoms with van der Waals surface area (Å²) in [7, 11) is 0. The van der Waals surface area contributed by atoms with Crippen LogP contribution < -0.4 is 15.4 Å². The molecule has 2 aliphatic rings. The number of ether oxygens (including phenoxy) is 2. The molecule has 3 heterocycles. The van der Waals surface area contributed by atoms with Gasteiger partial charge in [-0.1, -0.05) is 0 Å². The molecule has 2 fully saturated rings. The van der Waals surface area contributed by atoms with Crippen molar-refractivity contribution in [1.29, 1.82) is 0 Å². The van der Waals surface area contributed by atoms with Crippen molar-refractivity contribution in [1.82, 2.24) is 15.0 Å². The third-order valence-electron chi connectivity index (χ3n) is 3.43. The van der Waals surface area contributed by atoms with E-state index in [4.69, 9.17) is 15.2 Å². The van der Waals surface area contributed by atoms with Gasteiger partial charge in [-0.25, -0.2) is 0 Å². The Labute approximate surface area is 112 Å². The molecule has 0 radical (unpaired) electrons. The Morgan fingerprint density at radius 1 is 1.21 bits per heavy atom. The van der Waals surface area contributed by atoms with Gasteiger partial charge in [0.2, 0.25) is 11.9 Å². The number of anilines is 2. The molecular weight excluding hydrogens is 246 g/mol. The minimum atomic E-state index is 0.147. The molecule has 1 unspecified atom stereocenters. The first-order valence-corrected chi connectivity index (χ1v) is 6.82. The molecule has 0 aromatic carbocycles. The van der Waals surface area contributed by atoms with Crippen molar-refractivity contribution < 1.29 is 9.47 Å². The predicted molar refractivity (Wildman–Crippen MR) is 70.2 cm³/mol. The zero-order valence-electron chi connectivity index (χ0n) is 10.9. The molecule has 104 valence electrons. The second-order valence-corrected chi connectivity index (χ2v) is 4.92. The van der Waals surface area contributed by atoms with Gasteiger partial charge in [-0.15, -0.1) is 0 Å². The molecule has 0 amide bonds. The van der Waals surface area contributed by atoms with Crippen LogP contribution in [0.25, 0.3) is 0 Å². The first kappa shape index (κ1) is 12.4. The fourth-order valence-electron chi connectivity index (χ4n) is 2.43. The lowest BCUT2D eigenvalue weighted by atomic mass is 10.2. The van der Waals surface area contributed by atoms with Crippen molar-refractivity contribution in [3.8, 4) is 6.01 Å². The van der Waals surface area contributed by atoms with Crippen LogP contribution >= 0.6 is 0 Å². The van der Waals surface area contributed by atoms with Crippen LogP contribution in [0.1, 0.15) is 25.7 Å². The predicted octanol–water partition coefficient (Wildman–Crippen LogP) is 0.612. The van der Waals surface area contributed by atoms with Gasteiger partial charge in [0.1, 0.15) is 6.61 Å². The first-order chi connectivity index (χ1) is 9.31. The van der Waals surface area contributed by atoms with Gasteiger partial charge in [0, 0.05) is 19.7 Å². The highest BCUT2D eigenvalue weighted by molar-refractivity contribution is 5.36. The lowest BCUT2D eigenvalue weighted by Gasteiger charge is -2.16. The van der Waals surface area contributed by atoms with E-state index in [2.05, 4.69) is 19.9 Å². The summed E-state index contributed by atoms with van der Waals surface area (Å²) in [6, 6.07) is 0.296. The molecule has 0 spiro atoms. The lowest BCUT2D eigenvalue weighted by molar-refractivity contribution is 0.0645. The van der Waals surface area contributed by atoms with Gasteiger partial charge in [-0.3, -0.25) is 0 Å². The van der Waals surface area contributed by atoms with Gasteiger partial charge in [-0.05, 0) is 25.7 Å². The van der Waals surface area contributed by atoms with Crippen molar-refractivity contribution in [2.24, 2.45) is 0 Å². The topological polar surface area (TPSA) is 86.4 Å². The molecule has 1 atom stereocenters. The molecule has 3 rings (SSSR count). The molecule has 0 aliphatic carbocycles. The second-order valence-electron chi connectivity index (χ2n) is 4.92. The highest BCUT2D eigenvalue weighted by atomic mass is 16.5. The van der Waals surface area contributed by atoms with Gasteiger partial charge in [-0.2, -0.15) is 15.0 Å². The zero-order valence-corrected chi connectivity index (χ0v) is 10.9. The first-order valence-electron chi connectivity index (χ1n) is 6.82. The number of hydrogen-bond donors (Lipinski definition) is 1. The number of aromatic nitrogens is 3. The van der Waals surface area contributed by atoms with Crippen molar-refractivity contribution in [2.45, 2.75) is 31.8 Å². The van der Waals surface area contributed by atoms with Crippen LogP contribution in [0, 0.1) is 0 Å². The summed E-state index contributed by atoms with van der Waals surface area (Å²) in [6.07, 6.45) is 4.59. The number of nitrogens with zero attached hydrogens (tertiary/aromatic N) is 4. The Bertz CT molecular complexity index is 430. The van der Waals surface area contributed by atoms with E-state index in [0.717, 1.165) is 45.4 Å². The Balaban J connectivity index is 1.66. The maximum absolute atomic E-state index is 5.71. The van der Waals surface area contributed by atoms with Gasteiger partial charge in [0.05, 0.1) is 6.10 Å². The third-order valence-corrected chi connectivity index (χ3v) is 3.43. The van der Waals surface area contributed by atoms with Gasteiger partial charge in [0.15, 0.2) is 0 Å². The Morgan fingerprint density at radius 3 is 2.79 bits per heavy atom. The monoisotopic (exact) mass is 265 g/mol. The fraction of sp³-hybridized carbons (Fsp3) is 0.750. The van der Waals surface area contributed by atoms with E-state index in [1.165, 1.54) is 0 Å². The van der Waals surface area contributed by atoms with Gasteiger partial charge in [0.25, 0.3) is 0 Å². The average molecular weight is 265 g/mol. The van der Waals surface area contributed by atoms with E-state index in [9.17, 15) is 0 Å². The van der Waals surface area contributed by atoms with E-state index in [1.807, 2.05) is 0 Å². The smallest absolute Gasteiger partial charge is 0.323 e. The Kier molecular flexibility index (Phi) is 3.63. The SMILES string of the molecule is Nc1nc(OCC2CCCO2)nc(N2CCCC2)n1. The number of nitrogen functional groups attached to an aromatic ring is 1. The summed E-state index contributed by atoms with van der Waals surface area (Å²) in [5.74, 6) is 0.826. The largest absolute Gasteiger partial charge is 0.461 e. The molecule has 0 saturated carbocycles. The third kappa shape index (κ3) is 3.04. The molecule has 7 nitrogen and oxygen atoms in total. The van der Waals surface area contributed by atoms with E-state index >= 15 is 0 Å². The van der Waals surface area contributed by atoms with Crippen LogP contribution in [0.15, 0.2) is 0 Å². The molecule has 2 aliphatic heterocycles. The van der Waals surface area contributed by atoms with Crippen LogP contribution in [0.5, 0.6) is 6.01 Å². The van der Waals surface area contributed by atoms with E-state index in [-0.39, 0.29) is 12.1 Å². The Hall–Kier alpha value is -1.63. The van der Waals surface area contributed by atoms with Crippen molar-refractivity contribution >= 4 is 11.9 Å². The quantitative estimate of drug-likeness (QED) is 0.853.